The van der Waals surface area contributed by atoms with E-state index in [-0.39, 0.29) is 0 Å². The van der Waals surface area contributed by atoms with Crippen molar-refractivity contribution in [3.05, 3.63) is 0 Å². The molecule has 1 aliphatic rings. The Kier molecular flexibility index (Phi) is 4.39. The molecule has 0 heterocycles. The predicted octanol–water partition coefficient (Wildman–Crippen LogP) is 2.30. The van der Waals surface area contributed by atoms with Gasteiger partial charge in [0, 0.05) is 0 Å². The number of rotatable bonds is 4. The van der Waals surface area contributed by atoms with Crippen LogP contribution in [0.3, 0.4) is 0 Å². The van der Waals surface area contributed by atoms with E-state index in [9.17, 15) is 5.11 Å². The number of aliphatic hydroxyl groups is 1. The van der Waals surface area contributed by atoms with Crippen LogP contribution in [-0.2, 0) is 0 Å². The van der Waals surface area contributed by atoms with Crippen LogP contribution in [0, 0.1) is 11.8 Å². The van der Waals surface area contributed by atoms with Crippen molar-refractivity contribution in [3.8, 4) is 0 Å². The first-order chi connectivity index (χ1) is 6.60. The van der Waals surface area contributed by atoms with Crippen molar-refractivity contribution in [2.75, 3.05) is 6.54 Å². The summed E-state index contributed by atoms with van der Waals surface area (Å²) in [5.74, 6) is 1.38. The zero-order valence-electron chi connectivity index (χ0n) is 9.63. The van der Waals surface area contributed by atoms with Crippen LogP contribution < -0.4 is 5.73 Å². The molecule has 1 fully saturated rings. The maximum Gasteiger partial charge on any atom is 0.0659 e. The summed E-state index contributed by atoms with van der Waals surface area (Å²) in [4.78, 5) is 0. The summed E-state index contributed by atoms with van der Waals surface area (Å²) in [6.45, 7) is 4.82. The molecule has 0 aromatic carbocycles. The third kappa shape index (κ3) is 2.96. The minimum atomic E-state index is -0.520. The Hall–Kier alpha value is -0.0800. The van der Waals surface area contributed by atoms with Gasteiger partial charge >= 0.3 is 0 Å². The van der Waals surface area contributed by atoms with Gasteiger partial charge in [-0.25, -0.2) is 0 Å². The second-order valence-corrected chi connectivity index (χ2v) is 5.02. The first-order valence-corrected chi connectivity index (χ1v) is 6.02. The van der Waals surface area contributed by atoms with Crippen LogP contribution in [0.25, 0.3) is 0 Å². The Balaban J connectivity index is 2.40. The average Bonchev–Trinajstić information content (AvgIpc) is 2.18. The van der Waals surface area contributed by atoms with Crippen LogP contribution in [-0.4, -0.2) is 17.3 Å². The van der Waals surface area contributed by atoms with Gasteiger partial charge in [-0.15, -0.1) is 0 Å². The van der Waals surface area contributed by atoms with E-state index in [2.05, 4.69) is 6.92 Å². The molecule has 0 radical (unpaired) electrons. The fourth-order valence-corrected chi connectivity index (χ4v) is 2.69. The van der Waals surface area contributed by atoms with Crippen molar-refractivity contribution in [2.24, 2.45) is 17.6 Å². The Morgan fingerprint density at radius 2 is 1.86 bits per heavy atom. The minimum absolute atomic E-state index is 0.480. The molecular formula is C12H25NO. The van der Waals surface area contributed by atoms with E-state index in [0.29, 0.717) is 12.5 Å². The zero-order chi connectivity index (χ0) is 10.6. The molecule has 0 bridgehead atoms. The Morgan fingerprint density at radius 1 is 1.29 bits per heavy atom. The van der Waals surface area contributed by atoms with Gasteiger partial charge in [0.2, 0.25) is 0 Å². The fraction of sp³-hybridized carbons (Fsp3) is 1.00. The maximum atomic E-state index is 10.2. The SMILES string of the molecule is CCC1CCC(C(C)(O)CCN)CC1. The van der Waals surface area contributed by atoms with Crippen molar-refractivity contribution >= 4 is 0 Å². The van der Waals surface area contributed by atoms with Gasteiger partial charge in [-0.1, -0.05) is 26.2 Å². The van der Waals surface area contributed by atoms with E-state index in [1.54, 1.807) is 0 Å². The highest BCUT2D eigenvalue weighted by Crippen LogP contribution is 2.37. The van der Waals surface area contributed by atoms with Crippen LogP contribution in [0.1, 0.15) is 52.4 Å². The first kappa shape index (κ1) is 12.0. The molecular weight excluding hydrogens is 174 g/mol. The van der Waals surface area contributed by atoms with Crippen LogP contribution in [0.4, 0.5) is 0 Å². The molecule has 1 aliphatic carbocycles. The van der Waals surface area contributed by atoms with Gasteiger partial charge in [-0.2, -0.15) is 0 Å². The van der Waals surface area contributed by atoms with Crippen molar-refractivity contribution in [1.29, 1.82) is 0 Å². The van der Waals surface area contributed by atoms with Crippen molar-refractivity contribution < 1.29 is 5.11 Å². The second kappa shape index (κ2) is 5.13. The molecule has 0 saturated heterocycles. The highest BCUT2D eigenvalue weighted by molar-refractivity contribution is 4.86. The van der Waals surface area contributed by atoms with Gasteiger partial charge in [-0.05, 0) is 44.6 Å². The van der Waals surface area contributed by atoms with Gasteiger partial charge in [0.05, 0.1) is 5.60 Å². The summed E-state index contributed by atoms with van der Waals surface area (Å²) in [7, 11) is 0. The summed E-state index contributed by atoms with van der Waals surface area (Å²) >= 11 is 0. The van der Waals surface area contributed by atoms with E-state index < -0.39 is 5.60 Å². The standard InChI is InChI=1S/C12H25NO/c1-3-10-4-6-11(7-5-10)12(2,14)8-9-13/h10-11,14H,3-9,13H2,1-2H3. The summed E-state index contributed by atoms with van der Waals surface area (Å²) < 4.78 is 0. The van der Waals surface area contributed by atoms with Gasteiger partial charge in [0.25, 0.3) is 0 Å². The topological polar surface area (TPSA) is 46.2 Å². The minimum Gasteiger partial charge on any atom is -0.390 e. The molecule has 0 aliphatic heterocycles. The highest BCUT2D eigenvalue weighted by Gasteiger charge is 2.33. The third-order valence-corrected chi connectivity index (χ3v) is 3.95. The highest BCUT2D eigenvalue weighted by atomic mass is 16.3. The number of hydrogen-bond acceptors (Lipinski definition) is 2. The lowest BCUT2D eigenvalue weighted by Crippen LogP contribution is -2.38. The Labute approximate surface area is 87.9 Å². The lowest BCUT2D eigenvalue weighted by atomic mass is 9.72. The van der Waals surface area contributed by atoms with Crippen LogP contribution in [0.15, 0.2) is 0 Å². The molecule has 2 nitrogen and oxygen atoms in total. The molecule has 0 amide bonds. The Morgan fingerprint density at radius 3 is 2.29 bits per heavy atom. The molecule has 2 heteroatoms. The molecule has 3 N–H and O–H groups in total. The molecule has 1 saturated carbocycles. The van der Waals surface area contributed by atoms with Gasteiger partial charge < -0.3 is 10.8 Å². The molecule has 14 heavy (non-hydrogen) atoms. The molecule has 1 atom stereocenters. The molecule has 0 aromatic rings. The predicted molar refractivity (Wildman–Crippen MR) is 60.0 cm³/mol. The van der Waals surface area contributed by atoms with Crippen LogP contribution in [0.5, 0.6) is 0 Å². The first-order valence-electron chi connectivity index (χ1n) is 6.02. The van der Waals surface area contributed by atoms with Crippen LogP contribution in [0.2, 0.25) is 0 Å². The van der Waals surface area contributed by atoms with E-state index >= 15 is 0 Å². The lowest BCUT2D eigenvalue weighted by Gasteiger charge is -2.37. The third-order valence-electron chi connectivity index (χ3n) is 3.95. The van der Waals surface area contributed by atoms with Crippen molar-refractivity contribution in [2.45, 2.75) is 58.0 Å². The van der Waals surface area contributed by atoms with E-state index in [4.69, 9.17) is 5.73 Å². The quantitative estimate of drug-likeness (QED) is 0.730. The average molecular weight is 199 g/mol. The van der Waals surface area contributed by atoms with Crippen molar-refractivity contribution in [1.82, 2.24) is 0 Å². The summed E-state index contributed by atoms with van der Waals surface area (Å²) in [5, 5.41) is 10.2. The molecule has 1 unspecified atom stereocenters. The maximum absolute atomic E-state index is 10.2. The van der Waals surface area contributed by atoms with Gasteiger partial charge in [0.1, 0.15) is 0 Å². The summed E-state index contributed by atoms with van der Waals surface area (Å²) in [6.07, 6.45) is 7.00. The monoisotopic (exact) mass is 199 g/mol. The lowest BCUT2D eigenvalue weighted by molar-refractivity contribution is -0.0272. The Bertz CT molecular complexity index is 160. The van der Waals surface area contributed by atoms with Gasteiger partial charge in [-0.3, -0.25) is 0 Å². The molecule has 0 spiro atoms. The van der Waals surface area contributed by atoms with Gasteiger partial charge in [0.15, 0.2) is 0 Å². The van der Waals surface area contributed by atoms with E-state index in [0.717, 1.165) is 12.3 Å². The molecule has 1 rings (SSSR count). The summed E-state index contributed by atoms with van der Waals surface area (Å²) in [6, 6.07) is 0. The normalized spacial score (nSPS) is 32.6. The second-order valence-electron chi connectivity index (χ2n) is 5.02. The fourth-order valence-electron chi connectivity index (χ4n) is 2.69. The number of nitrogens with two attached hydrogens (primary N) is 1. The largest absolute Gasteiger partial charge is 0.390 e. The number of hydrogen-bond donors (Lipinski definition) is 2. The molecule has 84 valence electrons. The molecule has 0 aromatic heterocycles. The van der Waals surface area contributed by atoms with Crippen molar-refractivity contribution in [3.63, 3.8) is 0 Å². The van der Waals surface area contributed by atoms with E-state index in [1.807, 2.05) is 6.92 Å². The van der Waals surface area contributed by atoms with E-state index in [1.165, 1.54) is 32.1 Å². The summed E-state index contributed by atoms with van der Waals surface area (Å²) in [5.41, 5.74) is 4.99. The van der Waals surface area contributed by atoms with Crippen LogP contribution >= 0.6 is 0 Å². The smallest absolute Gasteiger partial charge is 0.0659 e. The zero-order valence-corrected chi connectivity index (χ0v) is 9.63.